The molecule has 2 N–H and O–H groups in total. The highest BCUT2D eigenvalue weighted by atomic mass is 16.1. The Morgan fingerprint density at radius 3 is 3.11 bits per heavy atom. The van der Waals surface area contributed by atoms with Crippen molar-refractivity contribution in [3.8, 4) is 0 Å². The smallest absolute Gasteiger partial charge is 0.219 e. The summed E-state index contributed by atoms with van der Waals surface area (Å²) in [6.45, 7) is 1.72. The number of nitrogens with one attached hydrogen (secondary N) is 2. The standard InChI is InChI=1S/C5H8N3O/c6-5-7-1-2-8(5)3-4-9/h1-3H2,(H2,6,7). The number of guanidine groups is 1. The SMILES string of the molecule is N=C1NCCN1C[C]=O. The van der Waals surface area contributed by atoms with Crippen LogP contribution in [-0.2, 0) is 4.79 Å². The van der Waals surface area contributed by atoms with Gasteiger partial charge in [0.2, 0.25) is 6.29 Å². The zero-order chi connectivity index (χ0) is 6.69. The summed E-state index contributed by atoms with van der Waals surface area (Å²) in [6.07, 6.45) is 1.74. The van der Waals surface area contributed by atoms with Gasteiger partial charge in [0.15, 0.2) is 5.96 Å². The third-order valence-corrected chi connectivity index (χ3v) is 1.25. The number of nitrogens with zero attached hydrogens (tertiary/aromatic N) is 1. The zero-order valence-electron chi connectivity index (χ0n) is 4.98. The first-order valence-corrected chi connectivity index (χ1v) is 2.77. The fourth-order valence-electron chi connectivity index (χ4n) is 0.769. The summed E-state index contributed by atoms with van der Waals surface area (Å²) in [5.74, 6) is 0.332. The second kappa shape index (κ2) is 2.48. The Labute approximate surface area is 53.3 Å². The Hall–Kier alpha value is -1.06. The van der Waals surface area contributed by atoms with Crippen LogP contribution in [-0.4, -0.2) is 36.8 Å². The lowest BCUT2D eigenvalue weighted by Gasteiger charge is -2.09. The van der Waals surface area contributed by atoms with Crippen LogP contribution in [0.4, 0.5) is 0 Å². The Bertz CT molecular complexity index is 134. The molecule has 1 aliphatic heterocycles. The molecule has 0 amide bonds. The van der Waals surface area contributed by atoms with Gasteiger partial charge in [0, 0.05) is 13.1 Å². The lowest BCUT2D eigenvalue weighted by atomic mass is 10.6. The molecule has 4 nitrogen and oxygen atoms in total. The molecule has 1 fully saturated rings. The van der Waals surface area contributed by atoms with Crippen molar-refractivity contribution in [3.63, 3.8) is 0 Å². The van der Waals surface area contributed by atoms with E-state index in [0.29, 0.717) is 5.96 Å². The fraction of sp³-hybridized carbons (Fsp3) is 0.600. The number of hydrogen-bond acceptors (Lipinski definition) is 2. The van der Waals surface area contributed by atoms with Crippen molar-refractivity contribution in [3.05, 3.63) is 0 Å². The molecule has 0 bridgehead atoms. The van der Waals surface area contributed by atoms with E-state index < -0.39 is 0 Å². The Balaban J connectivity index is 2.39. The van der Waals surface area contributed by atoms with E-state index >= 15 is 0 Å². The molecule has 0 aliphatic carbocycles. The van der Waals surface area contributed by atoms with E-state index in [1.807, 2.05) is 0 Å². The van der Waals surface area contributed by atoms with Crippen molar-refractivity contribution in [2.45, 2.75) is 0 Å². The Morgan fingerprint density at radius 1 is 1.89 bits per heavy atom. The van der Waals surface area contributed by atoms with Crippen LogP contribution in [0.5, 0.6) is 0 Å². The van der Waals surface area contributed by atoms with Crippen LogP contribution < -0.4 is 5.32 Å². The van der Waals surface area contributed by atoms with Gasteiger partial charge in [-0.1, -0.05) is 0 Å². The first kappa shape index (κ1) is 6.07. The van der Waals surface area contributed by atoms with Crippen molar-refractivity contribution in [1.29, 1.82) is 5.41 Å². The molecule has 0 saturated carbocycles. The molecule has 1 heterocycles. The van der Waals surface area contributed by atoms with Crippen molar-refractivity contribution >= 4 is 12.2 Å². The van der Waals surface area contributed by atoms with E-state index in [0.717, 1.165) is 13.1 Å². The van der Waals surface area contributed by atoms with Crippen LogP contribution in [0.1, 0.15) is 0 Å². The largest absolute Gasteiger partial charge is 0.355 e. The molecule has 0 spiro atoms. The van der Waals surface area contributed by atoms with Gasteiger partial charge in [-0.2, -0.15) is 0 Å². The predicted molar refractivity (Wildman–Crippen MR) is 33.0 cm³/mol. The van der Waals surface area contributed by atoms with Gasteiger partial charge < -0.3 is 10.2 Å². The quantitative estimate of drug-likeness (QED) is 0.495. The van der Waals surface area contributed by atoms with Gasteiger partial charge in [0.1, 0.15) is 0 Å². The summed E-state index contributed by atoms with van der Waals surface area (Å²) >= 11 is 0. The van der Waals surface area contributed by atoms with Gasteiger partial charge in [0.25, 0.3) is 0 Å². The van der Waals surface area contributed by atoms with Gasteiger partial charge in [-0.05, 0) is 0 Å². The number of rotatable bonds is 2. The lowest BCUT2D eigenvalue weighted by molar-refractivity contribution is 0.486. The third kappa shape index (κ3) is 1.19. The van der Waals surface area contributed by atoms with Crippen molar-refractivity contribution in [1.82, 2.24) is 10.2 Å². The summed E-state index contributed by atoms with van der Waals surface area (Å²) in [6, 6.07) is 0. The van der Waals surface area contributed by atoms with E-state index in [1.165, 1.54) is 0 Å². The highest BCUT2D eigenvalue weighted by Gasteiger charge is 2.14. The summed E-state index contributed by atoms with van der Waals surface area (Å²) in [7, 11) is 0. The summed E-state index contributed by atoms with van der Waals surface area (Å²) in [4.78, 5) is 11.4. The number of hydrogen-bond donors (Lipinski definition) is 2. The minimum atomic E-state index is 0.214. The van der Waals surface area contributed by atoms with E-state index in [-0.39, 0.29) is 6.54 Å². The maximum atomic E-state index is 9.82. The summed E-state index contributed by atoms with van der Waals surface area (Å²) in [5, 5.41) is 9.93. The molecule has 4 heteroatoms. The zero-order valence-corrected chi connectivity index (χ0v) is 4.98. The summed E-state index contributed by atoms with van der Waals surface area (Å²) in [5.41, 5.74) is 0. The molecule has 0 aromatic carbocycles. The first-order chi connectivity index (χ1) is 4.34. The molecule has 1 radical (unpaired) electrons. The van der Waals surface area contributed by atoms with E-state index in [9.17, 15) is 4.79 Å². The molecular weight excluding hydrogens is 118 g/mol. The highest BCUT2D eigenvalue weighted by molar-refractivity contribution is 5.80. The van der Waals surface area contributed by atoms with Gasteiger partial charge in [-0.3, -0.25) is 10.2 Å². The van der Waals surface area contributed by atoms with E-state index in [1.54, 1.807) is 11.2 Å². The minimum absolute atomic E-state index is 0.214. The summed E-state index contributed by atoms with van der Waals surface area (Å²) < 4.78 is 0. The van der Waals surface area contributed by atoms with Crippen molar-refractivity contribution in [2.24, 2.45) is 0 Å². The average molecular weight is 126 g/mol. The molecule has 0 aromatic heterocycles. The maximum Gasteiger partial charge on any atom is 0.219 e. The predicted octanol–water partition coefficient (Wildman–Crippen LogP) is -1.06. The van der Waals surface area contributed by atoms with Crippen LogP contribution >= 0.6 is 0 Å². The molecule has 1 aliphatic rings. The van der Waals surface area contributed by atoms with Crippen molar-refractivity contribution in [2.75, 3.05) is 19.6 Å². The highest BCUT2D eigenvalue weighted by Crippen LogP contribution is 1.91. The van der Waals surface area contributed by atoms with Crippen LogP contribution in [0.2, 0.25) is 0 Å². The Kier molecular flexibility index (Phi) is 1.67. The van der Waals surface area contributed by atoms with Gasteiger partial charge in [-0.25, -0.2) is 0 Å². The van der Waals surface area contributed by atoms with E-state index in [2.05, 4.69) is 5.32 Å². The van der Waals surface area contributed by atoms with Gasteiger partial charge in [-0.15, -0.1) is 0 Å². The molecule has 0 unspecified atom stereocenters. The van der Waals surface area contributed by atoms with Crippen LogP contribution in [0.15, 0.2) is 0 Å². The molecular formula is C5H8N3O. The second-order valence-corrected chi connectivity index (χ2v) is 1.84. The van der Waals surface area contributed by atoms with Gasteiger partial charge >= 0.3 is 0 Å². The second-order valence-electron chi connectivity index (χ2n) is 1.84. The maximum absolute atomic E-state index is 9.82. The van der Waals surface area contributed by atoms with Crippen LogP contribution in [0.25, 0.3) is 0 Å². The van der Waals surface area contributed by atoms with Gasteiger partial charge in [0.05, 0.1) is 6.54 Å². The molecule has 1 saturated heterocycles. The minimum Gasteiger partial charge on any atom is -0.355 e. The normalized spacial score (nSPS) is 17.8. The molecule has 1 rings (SSSR count). The molecule has 0 atom stereocenters. The molecule has 9 heavy (non-hydrogen) atoms. The number of carbonyl (C=O) groups excluding carboxylic acids is 1. The Morgan fingerprint density at radius 2 is 2.67 bits per heavy atom. The topological polar surface area (TPSA) is 56.2 Å². The van der Waals surface area contributed by atoms with Crippen LogP contribution in [0.3, 0.4) is 0 Å². The third-order valence-electron chi connectivity index (χ3n) is 1.25. The van der Waals surface area contributed by atoms with Crippen LogP contribution in [0, 0.1) is 5.41 Å². The van der Waals surface area contributed by atoms with E-state index in [4.69, 9.17) is 5.41 Å². The first-order valence-electron chi connectivity index (χ1n) is 2.77. The average Bonchev–Trinajstić information content (AvgIpc) is 2.18. The van der Waals surface area contributed by atoms with Crippen molar-refractivity contribution < 1.29 is 4.79 Å². The monoisotopic (exact) mass is 126 g/mol. The molecule has 0 aromatic rings. The molecule has 49 valence electrons. The lowest BCUT2D eigenvalue weighted by Crippen LogP contribution is -2.30. The fourth-order valence-corrected chi connectivity index (χ4v) is 0.769.